The molecule has 0 bridgehead atoms. The summed E-state index contributed by atoms with van der Waals surface area (Å²) in [6.45, 7) is 10.2. The summed E-state index contributed by atoms with van der Waals surface area (Å²) in [5.41, 5.74) is -0.00703. The monoisotopic (exact) mass is 448 g/mol. The molecule has 1 spiro atoms. The maximum atomic E-state index is 11.7. The van der Waals surface area contributed by atoms with Gasteiger partial charge in [0.15, 0.2) is 5.79 Å². The van der Waals surface area contributed by atoms with Gasteiger partial charge in [0.2, 0.25) is 0 Å². The topological polar surface area (TPSA) is 79.2 Å². The quantitative estimate of drug-likeness (QED) is 0.526. The highest BCUT2D eigenvalue weighted by molar-refractivity contribution is 5.17. The van der Waals surface area contributed by atoms with E-state index in [1.165, 1.54) is 6.42 Å². The van der Waals surface area contributed by atoms with E-state index in [1.54, 1.807) is 0 Å². The zero-order chi connectivity index (χ0) is 22.6. The third-order valence-electron chi connectivity index (χ3n) is 11.9. The van der Waals surface area contributed by atoms with Crippen LogP contribution in [0.3, 0.4) is 0 Å². The average molecular weight is 449 g/mol. The van der Waals surface area contributed by atoms with Crippen LogP contribution in [0, 0.1) is 52.3 Å². The molecule has 0 aromatic carbocycles. The van der Waals surface area contributed by atoms with Crippen LogP contribution in [0.1, 0.15) is 79.1 Å². The molecule has 14 atom stereocenters. The molecule has 0 aromatic rings. The van der Waals surface area contributed by atoms with Crippen LogP contribution in [-0.4, -0.2) is 52.1 Å². The number of hydrogen-bond donors (Lipinski definition) is 3. The first-order chi connectivity index (χ1) is 15.1. The Balaban J connectivity index is 1.29. The minimum atomic E-state index is -0.660. The number of hydrogen-bond acceptors (Lipinski definition) is 5. The van der Waals surface area contributed by atoms with Crippen LogP contribution in [0.2, 0.25) is 0 Å². The zero-order valence-corrected chi connectivity index (χ0v) is 20.4. The maximum Gasteiger partial charge on any atom is 0.171 e. The van der Waals surface area contributed by atoms with Gasteiger partial charge in [-0.05, 0) is 91.3 Å². The van der Waals surface area contributed by atoms with Crippen LogP contribution in [-0.2, 0) is 9.47 Å². The lowest BCUT2D eigenvalue weighted by molar-refractivity contribution is -0.274. The molecule has 4 aliphatic carbocycles. The van der Waals surface area contributed by atoms with Gasteiger partial charge in [-0.25, -0.2) is 0 Å². The predicted molar refractivity (Wildman–Crippen MR) is 121 cm³/mol. The summed E-state index contributed by atoms with van der Waals surface area (Å²) in [4.78, 5) is 0. The van der Waals surface area contributed by atoms with Gasteiger partial charge in [-0.15, -0.1) is 0 Å². The fraction of sp³-hybridized carbons (Fsp3) is 1.00. The molecule has 3 N–H and O–H groups in total. The van der Waals surface area contributed by atoms with Gasteiger partial charge >= 0.3 is 0 Å². The molecule has 0 unspecified atom stereocenters. The molecule has 182 valence electrons. The van der Waals surface area contributed by atoms with Crippen molar-refractivity contribution in [3.05, 3.63) is 0 Å². The smallest absolute Gasteiger partial charge is 0.171 e. The summed E-state index contributed by atoms with van der Waals surface area (Å²) in [5.74, 6) is 2.67. The van der Waals surface area contributed by atoms with Crippen molar-refractivity contribution in [3.63, 3.8) is 0 Å². The minimum Gasteiger partial charge on any atom is -0.393 e. The van der Waals surface area contributed by atoms with Crippen molar-refractivity contribution >= 4 is 0 Å². The van der Waals surface area contributed by atoms with Gasteiger partial charge in [-0.1, -0.05) is 27.7 Å². The van der Waals surface area contributed by atoms with Crippen molar-refractivity contribution in [2.45, 2.75) is 109 Å². The number of fused-ring (bicyclic) bond motifs is 7. The largest absolute Gasteiger partial charge is 0.393 e. The van der Waals surface area contributed by atoms with E-state index in [-0.39, 0.29) is 29.0 Å². The maximum absolute atomic E-state index is 11.7. The van der Waals surface area contributed by atoms with E-state index in [0.717, 1.165) is 38.7 Å². The summed E-state index contributed by atoms with van der Waals surface area (Å²) in [6.07, 6.45) is 6.27. The molecule has 5 heteroatoms. The molecule has 5 nitrogen and oxygen atoms in total. The SMILES string of the molecule is C[C@@H]1CC[C@@]2(OC1)O[C@H]1C[C@H]3[C@@H]4CC[C@@H]5C[C@H](O)[C@@H](O)C[C@]5(C)[C@H]4[C@H](O)C[C@]3(C)[C@H]1[C@@H]2C. The number of ether oxygens (including phenoxy) is 2. The molecule has 6 aliphatic rings. The molecular weight excluding hydrogens is 404 g/mol. The standard InChI is InChI=1S/C27H44O5/c1-14-7-8-27(31-13-14)15(2)23-22(32-27)10-18-17-6-5-16-9-19(28)20(29)11-25(16,3)24(17)21(30)12-26(18,23)4/h14-24,28-30H,5-13H2,1-4H3/t14-,15+,16-,17+,18+,19+,20+,21-,22+,23+,24-,25+,26+,27-/m1/s1. The van der Waals surface area contributed by atoms with Crippen molar-refractivity contribution in [2.75, 3.05) is 6.61 Å². The van der Waals surface area contributed by atoms with Crippen LogP contribution in [0.5, 0.6) is 0 Å². The van der Waals surface area contributed by atoms with Gasteiger partial charge in [0.05, 0.1) is 31.0 Å². The van der Waals surface area contributed by atoms with Gasteiger partial charge in [-0.2, -0.15) is 0 Å². The van der Waals surface area contributed by atoms with E-state index < -0.39 is 18.0 Å². The van der Waals surface area contributed by atoms with Crippen LogP contribution in [0.15, 0.2) is 0 Å². The van der Waals surface area contributed by atoms with Crippen molar-refractivity contribution in [1.82, 2.24) is 0 Å². The molecule has 0 aromatic heterocycles. The second kappa shape index (κ2) is 7.16. The molecule has 6 fully saturated rings. The third kappa shape index (κ3) is 2.81. The lowest BCUT2D eigenvalue weighted by atomic mass is 9.43. The van der Waals surface area contributed by atoms with E-state index in [0.29, 0.717) is 48.3 Å². The van der Waals surface area contributed by atoms with E-state index in [1.807, 2.05) is 0 Å². The van der Waals surface area contributed by atoms with E-state index >= 15 is 0 Å². The predicted octanol–water partition coefficient (Wildman–Crippen LogP) is 3.74. The Morgan fingerprint density at radius 1 is 0.812 bits per heavy atom. The molecule has 0 amide bonds. The number of aliphatic hydroxyl groups is 3. The normalized spacial score (nSPS) is 64.0. The highest BCUT2D eigenvalue weighted by Crippen LogP contribution is 2.71. The second-order valence-electron chi connectivity index (χ2n) is 13.4. The zero-order valence-electron chi connectivity index (χ0n) is 20.4. The molecule has 2 saturated heterocycles. The molecular formula is C27H44O5. The summed E-state index contributed by atoms with van der Waals surface area (Å²) >= 11 is 0. The van der Waals surface area contributed by atoms with E-state index in [4.69, 9.17) is 9.47 Å². The summed E-state index contributed by atoms with van der Waals surface area (Å²) in [7, 11) is 0. The fourth-order valence-electron chi connectivity index (χ4n) is 10.4. The van der Waals surface area contributed by atoms with Gasteiger partial charge in [0.25, 0.3) is 0 Å². The van der Waals surface area contributed by atoms with Crippen molar-refractivity contribution < 1.29 is 24.8 Å². The van der Waals surface area contributed by atoms with Crippen LogP contribution >= 0.6 is 0 Å². The van der Waals surface area contributed by atoms with Crippen LogP contribution in [0.4, 0.5) is 0 Å². The van der Waals surface area contributed by atoms with Gasteiger partial charge in [0.1, 0.15) is 0 Å². The van der Waals surface area contributed by atoms with Gasteiger partial charge in [-0.3, -0.25) is 0 Å². The van der Waals surface area contributed by atoms with Crippen LogP contribution in [0.25, 0.3) is 0 Å². The molecule has 0 radical (unpaired) electrons. The molecule has 32 heavy (non-hydrogen) atoms. The fourth-order valence-corrected chi connectivity index (χ4v) is 10.4. The molecule has 4 saturated carbocycles. The Labute approximate surface area is 193 Å². The Hall–Kier alpha value is -0.200. The first-order valence-corrected chi connectivity index (χ1v) is 13.4. The Kier molecular flexibility index (Phi) is 4.99. The second-order valence-corrected chi connectivity index (χ2v) is 13.4. The summed E-state index contributed by atoms with van der Waals surface area (Å²) < 4.78 is 13.3. The summed E-state index contributed by atoms with van der Waals surface area (Å²) in [6, 6.07) is 0. The first-order valence-electron chi connectivity index (χ1n) is 13.4. The summed E-state index contributed by atoms with van der Waals surface area (Å²) in [5, 5.41) is 32.6. The molecule has 6 rings (SSSR count). The Morgan fingerprint density at radius 3 is 2.28 bits per heavy atom. The lowest BCUT2D eigenvalue weighted by Gasteiger charge is -2.63. The highest BCUT2D eigenvalue weighted by atomic mass is 16.7. The van der Waals surface area contributed by atoms with Crippen LogP contribution < -0.4 is 0 Å². The van der Waals surface area contributed by atoms with Gasteiger partial charge < -0.3 is 24.8 Å². The first kappa shape index (κ1) is 22.3. The van der Waals surface area contributed by atoms with Crippen molar-refractivity contribution in [3.8, 4) is 0 Å². The van der Waals surface area contributed by atoms with E-state index in [2.05, 4.69) is 27.7 Å². The van der Waals surface area contributed by atoms with Gasteiger partial charge in [0, 0.05) is 12.3 Å². The molecule has 2 heterocycles. The highest BCUT2D eigenvalue weighted by Gasteiger charge is 2.70. The minimum absolute atomic E-state index is 0.0799. The number of aliphatic hydroxyl groups excluding tert-OH is 3. The Bertz CT molecular complexity index is 748. The van der Waals surface area contributed by atoms with E-state index in [9.17, 15) is 15.3 Å². The lowest BCUT2D eigenvalue weighted by Crippen LogP contribution is -2.61. The molecule has 2 aliphatic heterocycles. The van der Waals surface area contributed by atoms with Crippen molar-refractivity contribution in [1.29, 1.82) is 0 Å². The number of rotatable bonds is 0. The third-order valence-corrected chi connectivity index (χ3v) is 11.9. The average Bonchev–Trinajstić information content (AvgIpc) is 3.16. The Morgan fingerprint density at radius 2 is 1.56 bits per heavy atom. The van der Waals surface area contributed by atoms with Crippen molar-refractivity contribution in [2.24, 2.45) is 52.3 Å².